The van der Waals surface area contributed by atoms with E-state index in [0.29, 0.717) is 11.1 Å². The molecule has 26 heavy (non-hydrogen) atoms. The summed E-state index contributed by atoms with van der Waals surface area (Å²) < 4.78 is 0. The molecule has 0 saturated carbocycles. The standard InChI is InChI=1S/C17H22N6O3/c18-14(24)4-23-15(25)12-2-1-11(3-13(12)16(23)26)19-17-5-20-8-21(6-17)10-22(7-17)9-20/h1-3,16,19,26H,4-10H2,(H2,18,24). The van der Waals surface area contributed by atoms with Crippen molar-refractivity contribution in [1.29, 1.82) is 0 Å². The number of hydrogen-bond donors (Lipinski definition) is 3. The Morgan fingerprint density at radius 2 is 1.81 bits per heavy atom. The van der Waals surface area contributed by atoms with Gasteiger partial charge in [0.15, 0.2) is 6.23 Å². The molecule has 5 aliphatic heterocycles. The smallest absolute Gasteiger partial charge is 0.257 e. The number of nitrogens with zero attached hydrogens (tertiary/aromatic N) is 4. The molecule has 6 rings (SSSR count). The fourth-order valence-corrected chi connectivity index (χ4v) is 4.95. The van der Waals surface area contributed by atoms with Crippen LogP contribution in [0, 0.1) is 0 Å². The van der Waals surface area contributed by atoms with Crippen molar-refractivity contribution in [1.82, 2.24) is 19.6 Å². The van der Waals surface area contributed by atoms with Gasteiger partial charge in [-0.25, -0.2) is 0 Å². The van der Waals surface area contributed by atoms with Crippen LogP contribution in [0.3, 0.4) is 0 Å². The maximum Gasteiger partial charge on any atom is 0.257 e. The van der Waals surface area contributed by atoms with Crippen molar-refractivity contribution in [3.05, 3.63) is 29.3 Å². The zero-order chi connectivity index (χ0) is 18.1. The summed E-state index contributed by atoms with van der Waals surface area (Å²) in [6.45, 7) is 5.68. The Balaban J connectivity index is 1.41. The van der Waals surface area contributed by atoms with Crippen LogP contribution in [0.25, 0.3) is 0 Å². The number of anilines is 1. The summed E-state index contributed by atoms with van der Waals surface area (Å²) in [5, 5.41) is 14.1. The van der Waals surface area contributed by atoms with E-state index in [-0.39, 0.29) is 18.0 Å². The fraction of sp³-hybridized carbons (Fsp3) is 0.529. The van der Waals surface area contributed by atoms with Crippen molar-refractivity contribution in [2.45, 2.75) is 11.8 Å². The first kappa shape index (κ1) is 16.0. The zero-order valence-corrected chi connectivity index (χ0v) is 14.4. The number of hydrogen-bond acceptors (Lipinski definition) is 7. The first-order valence-corrected chi connectivity index (χ1v) is 8.79. The van der Waals surface area contributed by atoms with E-state index in [2.05, 4.69) is 20.0 Å². The highest BCUT2D eigenvalue weighted by molar-refractivity contribution is 6.01. The van der Waals surface area contributed by atoms with Gasteiger partial charge < -0.3 is 16.2 Å². The van der Waals surface area contributed by atoms with Crippen LogP contribution in [0.5, 0.6) is 0 Å². The lowest BCUT2D eigenvalue weighted by molar-refractivity contribution is -0.134. The summed E-state index contributed by atoms with van der Waals surface area (Å²) in [6.07, 6.45) is -1.14. The molecule has 1 aromatic carbocycles. The van der Waals surface area contributed by atoms with Gasteiger partial charge in [-0.2, -0.15) is 0 Å². The number of primary amides is 1. The number of benzene rings is 1. The molecule has 9 heteroatoms. The molecule has 4 fully saturated rings. The number of nitrogens with one attached hydrogen (secondary N) is 1. The Kier molecular flexibility index (Phi) is 3.32. The van der Waals surface area contributed by atoms with Gasteiger partial charge in [-0.1, -0.05) is 0 Å². The highest BCUT2D eigenvalue weighted by Crippen LogP contribution is 2.36. The van der Waals surface area contributed by atoms with Crippen molar-refractivity contribution in [3.8, 4) is 0 Å². The molecule has 0 aliphatic carbocycles. The van der Waals surface area contributed by atoms with Crippen molar-refractivity contribution >= 4 is 17.5 Å². The summed E-state index contributed by atoms with van der Waals surface area (Å²) in [6, 6.07) is 5.40. The fourth-order valence-electron chi connectivity index (χ4n) is 4.95. The van der Waals surface area contributed by atoms with Gasteiger partial charge in [-0.05, 0) is 18.2 Å². The molecule has 138 valence electrons. The maximum absolute atomic E-state index is 12.4. The molecular formula is C17H22N6O3. The zero-order valence-electron chi connectivity index (χ0n) is 14.4. The number of fused-ring (bicyclic) bond motifs is 1. The monoisotopic (exact) mass is 358 g/mol. The van der Waals surface area contributed by atoms with E-state index < -0.39 is 12.1 Å². The Bertz CT molecular complexity index is 761. The van der Waals surface area contributed by atoms with E-state index in [1.807, 2.05) is 12.1 Å². The Hall–Kier alpha value is -2.20. The first-order valence-electron chi connectivity index (χ1n) is 8.79. The average Bonchev–Trinajstić information content (AvgIpc) is 2.77. The van der Waals surface area contributed by atoms with Crippen LogP contribution in [0.2, 0.25) is 0 Å². The van der Waals surface area contributed by atoms with E-state index in [9.17, 15) is 14.7 Å². The van der Waals surface area contributed by atoms with Crippen LogP contribution in [-0.2, 0) is 4.79 Å². The van der Waals surface area contributed by atoms with Gasteiger partial charge >= 0.3 is 0 Å². The number of amides is 2. The topological polar surface area (TPSA) is 105 Å². The number of rotatable bonds is 4. The third-order valence-corrected chi connectivity index (χ3v) is 5.63. The van der Waals surface area contributed by atoms with E-state index in [4.69, 9.17) is 5.73 Å². The number of aliphatic hydroxyl groups is 1. The summed E-state index contributed by atoms with van der Waals surface area (Å²) in [4.78, 5) is 31.9. The second kappa shape index (κ2) is 5.40. The van der Waals surface area contributed by atoms with Crippen LogP contribution in [0.4, 0.5) is 5.69 Å². The molecule has 0 radical (unpaired) electrons. The van der Waals surface area contributed by atoms with Gasteiger partial charge in [-0.3, -0.25) is 29.2 Å². The lowest BCUT2D eigenvalue weighted by atomic mass is 9.90. The van der Waals surface area contributed by atoms with Gasteiger partial charge in [0, 0.05) is 36.4 Å². The summed E-state index contributed by atoms with van der Waals surface area (Å²) in [7, 11) is 0. The molecule has 0 aromatic heterocycles. The molecular weight excluding hydrogens is 336 g/mol. The van der Waals surface area contributed by atoms with Crippen LogP contribution in [0.15, 0.2) is 18.2 Å². The SMILES string of the molecule is NC(=O)CN1C(=O)c2ccc(NC34CN5CN(CN(C5)C3)C4)cc2C1O. The number of carbonyl (C=O) groups is 2. The molecule has 1 atom stereocenters. The van der Waals surface area contributed by atoms with Crippen LogP contribution >= 0.6 is 0 Å². The van der Waals surface area contributed by atoms with Crippen LogP contribution in [-0.4, -0.2) is 88.2 Å². The second-order valence-electron chi connectivity index (χ2n) is 7.89. The number of aliphatic hydroxyl groups excluding tert-OH is 1. The maximum atomic E-state index is 12.4. The lowest BCUT2D eigenvalue weighted by Crippen LogP contribution is -2.78. The third kappa shape index (κ3) is 2.39. The van der Waals surface area contributed by atoms with Crippen molar-refractivity contribution in [3.63, 3.8) is 0 Å². The molecule has 4 saturated heterocycles. The summed E-state index contributed by atoms with van der Waals surface area (Å²) >= 11 is 0. The van der Waals surface area contributed by atoms with Crippen molar-refractivity contribution in [2.24, 2.45) is 5.73 Å². The van der Waals surface area contributed by atoms with E-state index in [1.54, 1.807) is 6.07 Å². The van der Waals surface area contributed by atoms with Gasteiger partial charge in [0.1, 0.15) is 6.54 Å². The Labute approximate surface area is 150 Å². The largest absolute Gasteiger partial charge is 0.376 e. The first-order chi connectivity index (χ1) is 12.4. The molecule has 4 bridgehead atoms. The summed E-state index contributed by atoms with van der Waals surface area (Å²) in [5.41, 5.74) is 6.95. The predicted octanol–water partition coefficient (Wildman–Crippen LogP) is -1.41. The second-order valence-corrected chi connectivity index (χ2v) is 7.89. The molecule has 9 nitrogen and oxygen atoms in total. The predicted molar refractivity (Wildman–Crippen MR) is 92.7 cm³/mol. The third-order valence-electron chi connectivity index (χ3n) is 5.63. The quantitative estimate of drug-likeness (QED) is 0.607. The summed E-state index contributed by atoms with van der Waals surface area (Å²) in [5.74, 6) is -1.01. The highest BCUT2D eigenvalue weighted by Gasteiger charge is 2.48. The molecule has 4 N–H and O–H groups in total. The van der Waals surface area contributed by atoms with E-state index in [0.717, 1.165) is 50.2 Å². The minimum atomic E-state index is -1.14. The molecule has 1 unspecified atom stereocenters. The van der Waals surface area contributed by atoms with Gasteiger partial charge in [-0.15, -0.1) is 0 Å². The van der Waals surface area contributed by atoms with Crippen molar-refractivity contribution < 1.29 is 14.7 Å². The molecule has 2 amide bonds. The molecule has 1 aromatic rings. The van der Waals surface area contributed by atoms with Crippen LogP contribution in [0.1, 0.15) is 22.1 Å². The lowest BCUT2D eigenvalue weighted by Gasteiger charge is -2.60. The van der Waals surface area contributed by atoms with E-state index >= 15 is 0 Å². The molecule has 5 aliphatic rings. The number of nitrogens with two attached hydrogens (primary N) is 1. The normalized spacial score (nSPS) is 37.1. The van der Waals surface area contributed by atoms with Crippen LogP contribution < -0.4 is 11.1 Å². The number of carbonyl (C=O) groups excluding carboxylic acids is 2. The van der Waals surface area contributed by atoms with Gasteiger partial charge in [0.05, 0.1) is 25.5 Å². The Morgan fingerprint density at radius 3 is 2.38 bits per heavy atom. The molecule has 5 heterocycles. The molecule has 0 spiro atoms. The average molecular weight is 358 g/mol. The minimum Gasteiger partial charge on any atom is -0.376 e. The Morgan fingerprint density at radius 1 is 1.19 bits per heavy atom. The van der Waals surface area contributed by atoms with E-state index in [1.165, 1.54) is 0 Å². The van der Waals surface area contributed by atoms with Gasteiger partial charge in [0.25, 0.3) is 5.91 Å². The highest BCUT2D eigenvalue weighted by atomic mass is 16.3. The van der Waals surface area contributed by atoms with Crippen molar-refractivity contribution in [2.75, 3.05) is 51.5 Å². The van der Waals surface area contributed by atoms with Gasteiger partial charge in [0.2, 0.25) is 5.91 Å². The minimum absolute atomic E-state index is 0.0521.